The highest BCUT2D eigenvalue weighted by molar-refractivity contribution is 14.1. The van der Waals surface area contributed by atoms with Crippen molar-refractivity contribution < 1.29 is 18.3 Å². The minimum atomic E-state index is -4.63. The van der Waals surface area contributed by atoms with Crippen LogP contribution in [0, 0.1) is 0 Å². The van der Waals surface area contributed by atoms with Gasteiger partial charge in [0.25, 0.3) is 0 Å². The average molecular weight is 357 g/mol. The molecule has 0 bridgehead atoms. The summed E-state index contributed by atoms with van der Waals surface area (Å²) in [5.74, 6) is 0. The molecule has 2 nitrogen and oxygen atoms in total. The zero-order valence-corrected chi connectivity index (χ0v) is 11.1. The van der Waals surface area contributed by atoms with Crippen LogP contribution in [0.15, 0.2) is 27.8 Å². The van der Waals surface area contributed by atoms with Crippen molar-refractivity contribution in [3.05, 3.63) is 33.4 Å². The van der Waals surface area contributed by atoms with Gasteiger partial charge in [0.15, 0.2) is 6.10 Å². The maximum Gasteiger partial charge on any atom is 0.419 e. The van der Waals surface area contributed by atoms with E-state index in [9.17, 15) is 13.2 Å². The molecule has 0 aliphatic carbocycles. The van der Waals surface area contributed by atoms with Crippen LogP contribution in [0.3, 0.4) is 0 Å². The van der Waals surface area contributed by atoms with Gasteiger partial charge in [0.05, 0.1) is 0 Å². The maximum atomic E-state index is 12.2. The lowest BCUT2D eigenvalue weighted by Crippen LogP contribution is -2.28. The van der Waals surface area contributed by atoms with Gasteiger partial charge in [-0.1, -0.05) is 12.1 Å². The van der Waals surface area contributed by atoms with Crippen molar-refractivity contribution in [3.8, 4) is 0 Å². The molecule has 0 aliphatic heterocycles. The van der Waals surface area contributed by atoms with Crippen LogP contribution in [-0.2, 0) is 0 Å². The van der Waals surface area contributed by atoms with Crippen LogP contribution in [0.2, 0.25) is 0 Å². The summed E-state index contributed by atoms with van der Waals surface area (Å²) in [6.07, 6.45) is -5.75. The molecule has 94 valence electrons. The highest BCUT2D eigenvalue weighted by atomic mass is 127. The van der Waals surface area contributed by atoms with Gasteiger partial charge in [-0.15, -0.1) is 0 Å². The van der Waals surface area contributed by atoms with E-state index in [2.05, 4.69) is 5.32 Å². The molecule has 0 aromatic heterocycles. The van der Waals surface area contributed by atoms with Crippen molar-refractivity contribution in [2.45, 2.75) is 12.3 Å². The van der Waals surface area contributed by atoms with Gasteiger partial charge >= 0.3 is 6.18 Å². The molecule has 0 saturated heterocycles. The minimum absolute atomic E-state index is 0.160. The quantitative estimate of drug-likeness (QED) is 0.813. The molecule has 2 N–H and O–H groups in total. The van der Waals surface area contributed by atoms with Crippen LogP contribution < -0.4 is 5.32 Å². The van der Waals surface area contributed by atoms with E-state index in [1.807, 2.05) is 0 Å². The third-order valence-electron chi connectivity index (χ3n) is 2.08. The number of rotatable bonds is 3. The largest absolute Gasteiger partial charge is 0.419 e. The summed E-state index contributed by atoms with van der Waals surface area (Å²) in [5, 5.41) is 11.9. The van der Waals surface area contributed by atoms with Crippen molar-refractivity contribution >= 4 is 34.4 Å². The first-order chi connectivity index (χ1) is 7.84. The molecule has 1 aromatic rings. The van der Waals surface area contributed by atoms with E-state index in [0.29, 0.717) is 5.56 Å². The number of aliphatic hydroxyl groups excluding tert-OH is 1. The SMILES string of the molecule is CNc1ccc(/C=C(\I)C(O)C(F)(F)F)cc1. The molecule has 0 heterocycles. The van der Waals surface area contributed by atoms with Crippen molar-refractivity contribution in [1.82, 2.24) is 0 Å². The number of benzene rings is 1. The fourth-order valence-electron chi connectivity index (χ4n) is 1.14. The minimum Gasteiger partial charge on any atom is -0.388 e. The van der Waals surface area contributed by atoms with E-state index >= 15 is 0 Å². The molecule has 1 aromatic carbocycles. The van der Waals surface area contributed by atoms with Gasteiger partial charge in [0.2, 0.25) is 0 Å². The van der Waals surface area contributed by atoms with Gasteiger partial charge in [0, 0.05) is 16.3 Å². The Hall–Kier alpha value is -0.760. The number of aliphatic hydroxyl groups is 1. The topological polar surface area (TPSA) is 32.3 Å². The van der Waals surface area contributed by atoms with Gasteiger partial charge in [-0.2, -0.15) is 13.2 Å². The predicted molar refractivity (Wildman–Crippen MR) is 70.0 cm³/mol. The summed E-state index contributed by atoms with van der Waals surface area (Å²) >= 11 is 1.49. The van der Waals surface area contributed by atoms with Crippen LogP contribution >= 0.6 is 22.6 Å². The number of alkyl halides is 3. The Morgan fingerprint density at radius 1 is 1.35 bits per heavy atom. The normalized spacial score (nSPS) is 14.6. The lowest BCUT2D eigenvalue weighted by Gasteiger charge is -2.13. The summed E-state index contributed by atoms with van der Waals surface area (Å²) < 4.78 is 36.5. The monoisotopic (exact) mass is 357 g/mol. The van der Waals surface area contributed by atoms with Crippen LogP contribution in [0.25, 0.3) is 6.08 Å². The Balaban J connectivity index is 2.87. The van der Waals surface area contributed by atoms with Crippen LogP contribution in [0.4, 0.5) is 18.9 Å². The van der Waals surface area contributed by atoms with Gasteiger partial charge in [-0.25, -0.2) is 0 Å². The molecule has 0 fully saturated rings. The fraction of sp³-hybridized carbons (Fsp3) is 0.273. The smallest absolute Gasteiger partial charge is 0.388 e. The van der Waals surface area contributed by atoms with E-state index < -0.39 is 12.3 Å². The van der Waals surface area contributed by atoms with Crippen molar-refractivity contribution in [3.63, 3.8) is 0 Å². The molecule has 0 radical (unpaired) electrons. The Morgan fingerprint density at radius 3 is 2.29 bits per heavy atom. The molecule has 0 aliphatic rings. The molecule has 0 spiro atoms. The number of anilines is 1. The predicted octanol–water partition coefficient (Wildman–Crippen LogP) is 3.43. The summed E-state index contributed by atoms with van der Waals surface area (Å²) in [6, 6.07) is 6.84. The summed E-state index contributed by atoms with van der Waals surface area (Å²) in [6.45, 7) is 0. The zero-order chi connectivity index (χ0) is 13.1. The second-order valence-corrected chi connectivity index (χ2v) is 4.59. The highest BCUT2D eigenvalue weighted by Gasteiger charge is 2.39. The number of hydrogen-bond acceptors (Lipinski definition) is 2. The lowest BCUT2D eigenvalue weighted by atomic mass is 10.1. The first-order valence-corrected chi connectivity index (χ1v) is 5.82. The maximum absolute atomic E-state index is 12.2. The molecule has 0 amide bonds. The highest BCUT2D eigenvalue weighted by Crippen LogP contribution is 2.30. The van der Waals surface area contributed by atoms with Crippen molar-refractivity contribution in [2.24, 2.45) is 0 Å². The van der Waals surface area contributed by atoms with Crippen LogP contribution in [0.1, 0.15) is 5.56 Å². The van der Waals surface area contributed by atoms with E-state index in [1.165, 1.54) is 28.7 Å². The molecular formula is C11H11F3INO. The standard InChI is InChI=1S/C11H11F3INO/c1-16-8-4-2-7(3-5-8)6-9(15)10(17)11(12,13)14/h2-6,10,16-17H,1H3/b9-6-. The zero-order valence-electron chi connectivity index (χ0n) is 8.92. The van der Waals surface area contributed by atoms with E-state index in [-0.39, 0.29) is 3.58 Å². The Kier molecular flexibility index (Phi) is 4.81. The van der Waals surface area contributed by atoms with Crippen LogP contribution in [-0.4, -0.2) is 24.4 Å². The molecule has 1 rings (SSSR count). The van der Waals surface area contributed by atoms with Gasteiger partial charge in [0.1, 0.15) is 0 Å². The molecule has 0 saturated carbocycles. The third-order valence-corrected chi connectivity index (χ3v) is 2.98. The summed E-state index contributed by atoms with van der Waals surface area (Å²) in [4.78, 5) is 0. The fourth-order valence-corrected chi connectivity index (χ4v) is 1.85. The Labute approximate surface area is 111 Å². The van der Waals surface area contributed by atoms with Crippen LogP contribution in [0.5, 0.6) is 0 Å². The van der Waals surface area contributed by atoms with E-state index in [1.54, 1.807) is 31.3 Å². The lowest BCUT2D eigenvalue weighted by molar-refractivity contribution is -0.188. The first-order valence-electron chi connectivity index (χ1n) is 4.74. The molecule has 17 heavy (non-hydrogen) atoms. The molecule has 1 unspecified atom stereocenters. The van der Waals surface area contributed by atoms with Crippen molar-refractivity contribution in [1.29, 1.82) is 0 Å². The van der Waals surface area contributed by atoms with Gasteiger partial charge in [-0.3, -0.25) is 0 Å². The second-order valence-electron chi connectivity index (χ2n) is 3.35. The molecule has 6 heteroatoms. The third kappa shape index (κ3) is 4.19. The average Bonchev–Trinajstić information content (AvgIpc) is 2.27. The number of hydrogen-bond donors (Lipinski definition) is 2. The van der Waals surface area contributed by atoms with E-state index in [0.717, 1.165) is 5.69 Å². The summed E-state index contributed by atoms with van der Waals surface area (Å²) in [7, 11) is 1.75. The van der Waals surface area contributed by atoms with Crippen molar-refractivity contribution in [2.75, 3.05) is 12.4 Å². The Morgan fingerprint density at radius 2 is 1.88 bits per heavy atom. The number of nitrogens with one attached hydrogen (secondary N) is 1. The first kappa shape index (κ1) is 14.3. The number of halogens is 4. The second kappa shape index (κ2) is 5.72. The van der Waals surface area contributed by atoms with Gasteiger partial charge in [-0.05, 0) is 46.4 Å². The van der Waals surface area contributed by atoms with Gasteiger partial charge < -0.3 is 10.4 Å². The Bertz CT molecular complexity index is 400. The molecular weight excluding hydrogens is 346 g/mol. The molecule has 1 atom stereocenters. The summed E-state index contributed by atoms with van der Waals surface area (Å²) in [5.41, 5.74) is 1.48. The van der Waals surface area contributed by atoms with E-state index in [4.69, 9.17) is 5.11 Å².